The van der Waals surface area contributed by atoms with Gasteiger partial charge in [0.1, 0.15) is 12.1 Å². The van der Waals surface area contributed by atoms with Gasteiger partial charge in [0, 0.05) is 5.56 Å². The second kappa shape index (κ2) is 7.35. The predicted molar refractivity (Wildman–Crippen MR) is 89.2 cm³/mol. The fraction of sp³-hybridized carbons (Fsp3) is 0.176. The lowest BCUT2D eigenvalue weighted by molar-refractivity contribution is -0.274. The van der Waals surface area contributed by atoms with Crippen molar-refractivity contribution in [2.75, 3.05) is 6.61 Å². The monoisotopic (exact) mass is 383 g/mol. The summed E-state index contributed by atoms with van der Waals surface area (Å²) in [4.78, 5) is 4.20. The molecule has 0 bridgehead atoms. The minimum absolute atomic E-state index is 0.165. The molecule has 1 atom stereocenters. The van der Waals surface area contributed by atoms with Gasteiger partial charge < -0.3 is 9.84 Å². The van der Waals surface area contributed by atoms with E-state index in [1.165, 1.54) is 35.3 Å². The van der Waals surface area contributed by atoms with Crippen LogP contribution >= 0.6 is 11.6 Å². The molecule has 2 aromatic carbocycles. The van der Waals surface area contributed by atoms with Crippen molar-refractivity contribution in [3.8, 4) is 22.8 Å². The Morgan fingerprint density at radius 1 is 1.08 bits per heavy atom. The van der Waals surface area contributed by atoms with Crippen LogP contribution in [-0.2, 0) is 0 Å². The van der Waals surface area contributed by atoms with Crippen molar-refractivity contribution in [1.29, 1.82) is 0 Å². The molecule has 0 amide bonds. The minimum Gasteiger partial charge on any atom is -0.406 e. The topological polar surface area (TPSA) is 60.2 Å². The first-order valence-corrected chi connectivity index (χ1v) is 7.92. The van der Waals surface area contributed by atoms with Crippen LogP contribution in [0.15, 0.2) is 54.9 Å². The fourth-order valence-corrected chi connectivity index (χ4v) is 2.41. The Bertz CT molecular complexity index is 864. The van der Waals surface area contributed by atoms with Crippen LogP contribution in [0, 0.1) is 0 Å². The van der Waals surface area contributed by atoms with Crippen molar-refractivity contribution in [3.05, 3.63) is 60.4 Å². The molecule has 0 fully saturated rings. The molecule has 3 aromatic rings. The molecule has 3 rings (SSSR count). The molecule has 1 N–H and O–H groups in total. The second-order valence-corrected chi connectivity index (χ2v) is 5.85. The van der Waals surface area contributed by atoms with E-state index in [1.807, 2.05) is 0 Å². The number of aromatic nitrogens is 3. The molecule has 5 nitrogen and oxygen atoms in total. The van der Waals surface area contributed by atoms with Crippen LogP contribution in [0.5, 0.6) is 5.75 Å². The smallest absolute Gasteiger partial charge is 0.406 e. The fourth-order valence-electron chi connectivity index (χ4n) is 2.27. The van der Waals surface area contributed by atoms with Gasteiger partial charge in [-0.2, -0.15) is 0 Å². The third-order valence-electron chi connectivity index (χ3n) is 3.52. The molecule has 1 aromatic heterocycles. The largest absolute Gasteiger partial charge is 0.573 e. The Hall–Kier alpha value is -2.58. The summed E-state index contributed by atoms with van der Waals surface area (Å²) in [5, 5.41) is 12.9. The molecular formula is C17H13ClF3N3O2. The van der Waals surface area contributed by atoms with Gasteiger partial charge in [-0.25, -0.2) is 9.67 Å². The molecule has 0 saturated carbocycles. The predicted octanol–water partition coefficient (Wildman–Crippen LogP) is 4.11. The molecule has 0 aliphatic carbocycles. The van der Waals surface area contributed by atoms with Crippen LogP contribution < -0.4 is 4.74 Å². The van der Waals surface area contributed by atoms with Crippen LogP contribution in [0.1, 0.15) is 10.9 Å². The minimum atomic E-state index is -4.73. The van der Waals surface area contributed by atoms with Gasteiger partial charge in [-0.3, -0.25) is 0 Å². The number of hydrogen-bond acceptors (Lipinski definition) is 4. The summed E-state index contributed by atoms with van der Waals surface area (Å²) in [6, 6.07) is 12.4. The van der Waals surface area contributed by atoms with Crippen LogP contribution in [-0.4, -0.2) is 32.8 Å². The van der Waals surface area contributed by atoms with Crippen molar-refractivity contribution < 1.29 is 23.0 Å². The molecule has 0 aliphatic heterocycles. The third-order valence-corrected chi connectivity index (χ3v) is 3.91. The van der Waals surface area contributed by atoms with Gasteiger partial charge in [0.05, 0.1) is 17.7 Å². The van der Waals surface area contributed by atoms with E-state index < -0.39 is 11.7 Å². The Kier molecular flexibility index (Phi) is 5.15. The summed E-state index contributed by atoms with van der Waals surface area (Å²) >= 11 is 5.96. The van der Waals surface area contributed by atoms with E-state index in [4.69, 9.17) is 16.7 Å². The lowest BCUT2D eigenvalue weighted by Gasteiger charge is -2.09. The molecular weight excluding hydrogens is 371 g/mol. The lowest BCUT2D eigenvalue weighted by atomic mass is 10.1. The molecule has 0 aliphatic rings. The number of aliphatic hydroxyl groups excluding tert-OH is 1. The average molecular weight is 384 g/mol. The number of halogens is 4. The van der Waals surface area contributed by atoms with Crippen molar-refractivity contribution in [1.82, 2.24) is 14.8 Å². The molecule has 9 heteroatoms. The molecule has 136 valence electrons. The van der Waals surface area contributed by atoms with E-state index in [0.29, 0.717) is 11.5 Å². The third kappa shape index (κ3) is 4.33. The summed E-state index contributed by atoms with van der Waals surface area (Å²) in [7, 11) is 0. The second-order valence-electron chi connectivity index (χ2n) is 5.33. The highest BCUT2D eigenvalue weighted by molar-refractivity contribution is 6.20. The molecule has 0 saturated heterocycles. The Morgan fingerprint density at radius 2 is 1.73 bits per heavy atom. The van der Waals surface area contributed by atoms with Crippen molar-refractivity contribution in [2.24, 2.45) is 0 Å². The highest BCUT2D eigenvalue weighted by Crippen LogP contribution is 2.25. The SMILES string of the molecule is OCC(Cl)c1ccc(-c2ncn(-c3ccc(OC(F)(F)F)cc3)n2)cc1. The van der Waals surface area contributed by atoms with Crippen molar-refractivity contribution in [2.45, 2.75) is 11.7 Å². The molecule has 26 heavy (non-hydrogen) atoms. The van der Waals surface area contributed by atoms with E-state index in [-0.39, 0.29) is 12.4 Å². The van der Waals surface area contributed by atoms with Gasteiger partial charge in [-0.05, 0) is 29.8 Å². The zero-order valence-corrected chi connectivity index (χ0v) is 13.9. The van der Waals surface area contributed by atoms with E-state index in [0.717, 1.165) is 11.1 Å². The number of nitrogens with zero attached hydrogens (tertiary/aromatic N) is 3. The first-order chi connectivity index (χ1) is 12.4. The van der Waals surface area contributed by atoms with Crippen molar-refractivity contribution >= 4 is 11.6 Å². The molecule has 1 unspecified atom stereocenters. The summed E-state index contributed by atoms with van der Waals surface area (Å²) in [5.74, 6) is 0.138. The summed E-state index contributed by atoms with van der Waals surface area (Å²) < 4.78 is 41.8. The number of rotatable bonds is 5. The summed E-state index contributed by atoms with van der Waals surface area (Å²) in [6.07, 6.45) is -3.27. The van der Waals surface area contributed by atoms with Crippen molar-refractivity contribution in [3.63, 3.8) is 0 Å². The zero-order chi connectivity index (χ0) is 18.7. The van der Waals surface area contributed by atoms with Gasteiger partial charge >= 0.3 is 6.36 Å². The van der Waals surface area contributed by atoms with E-state index >= 15 is 0 Å². The Morgan fingerprint density at radius 3 is 2.31 bits per heavy atom. The average Bonchev–Trinajstić information content (AvgIpc) is 3.10. The van der Waals surface area contributed by atoms with E-state index in [1.54, 1.807) is 24.3 Å². The quantitative estimate of drug-likeness (QED) is 0.674. The van der Waals surface area contributed by atoms with Crippen LogP contribution in [0.2, 0.25) is 0 Å². The number of benzene rings is 2. The first-order valence-electron chi connectivity index (χ1n) is 7.49. The number of alkyl halides is 4. The zero-order valence-electron chi connectivity index (χ0n) is 13.2. The van der Waals surface area contributed by atoms with Gasteiger partial charge in [-0.1, -0.05) is 24.3 Å². The first kappa shape index (κ1) is 18.2. The Labute approximate surface area is 151 Å². The number of aliphatic hydroxyl groups is 1. The summed E-state index contributed by atoms with van der Waals surface area (Å²) in [5.41, 5.74) is 2.06. The number of ether oxygens (including phenoxy) is 1. The Balaban J connectivity index is 1.77. The lowest BCUT2D eigenvalue weighted by Crippen LogP contribution is -2.17. The standard InChI is InChI=1S/C17H13ClF3N3O2/c18-15(9-25)11-1-3-12(4-2-11)16-22-10-24(23-16)13-5-7-14(8-6-13)26-17(19,20)21/h1-8,10,15,25H,9H2. The van der Waals surface area contributed by atoms with Crippen LogP contribution in [0.3, 0.4) is 0 Å². The maximum Gasteiger partial charge on any atom is 0.573 e. The molecule has 0 radical (unpaired) electrons. The van der Waals surface area contributed by atoms with Gasteiger partial charge in [-0.15, -0.1) is 29.9 Å². The van der Waals surface area contributed by atoms with Gasteiger partial charge in [0.25, 0.3) is 0 Å². The highest BCUT2D eigenvalue weighted by Gasteiger charge is 2.30. The van der Waals surface area contributed by atoms with Crippen LogP contribution in [0.4, 0.5) is 13.2 Å². The molecule has 1 heterocycles. The normalized spacial score (nSPS) is 12.8. The maximum atomic E-state index is 12.2. The van der Waals surface area contributed by atoms with Crippen LogP contribution in [0.25, 0.3) is 17.1 Å². The van der Waals surface area contributed by atoms with E-state index in [9.17, 15) is 13.2 Å². The number of hydrogen-bond donors (Lipinski definition) is 1. The molecule has 0 spiro atoms. The maximum absolute atomic E-state index is 12.2. The highest BCUT2D eigenvalue weighted by atomic mass is 35.5. The van der Waals surface area contributed by atoms with Gasteiger partial charge in [0.2, 0.25) is 0 Å². The van der Waals surface area contributed by atoms with Gasteiger partial charge in [0.15, 0.2) is 5.82 Å². The van der Waals surface area contributed by atoms with E-state index in [2.05, 4.69) is 14.8 Å². The summed E-state index contributed by atoms with van der Waals surface area (Å²) in [6.45, 7) is -0.165.